The van der Waals surface area contributed by atoms with Gasteiger partial charge < -0.3 is 24.2 Å². The first-order chi connectivity index (χ1) is 25.0. The molecule has 278 valence electrons. The Morgan fingerprint density at radius 2 is 2.10 bits per heavy atom. The average molecular weight is 729 g/mol. The Morgan fingerprint density at radius 3 is 2.77 bits per heavy atom. The van der Waals surface area contributed by atoms with Crippen molar-refractivity contribution in [2.24, 2.45) is 16.3 Å². The number of amides is 2. The molecule has 6 bridgehead atoms. The SMILES string of the molecule is C=C/C(=C(\N=C/C)[C@H](C)OC)c1c2c3cc(ccc3n1CC)-c1csc(n1)C[C@H](NC(=O)C1CC1)C(=O)N1CCC[C@](C=O)(COCC(C)(C)C2)N1. The van der Waals surface area contributed by atoms with Crippen LogP contribution in [-0.2, 0) is 43.2 Å². The average Bonchev–Trinajstić information content (AvgIpc) is 3.83. The van der Waals surface area contributed by atoms with E-state index in [-0.39, 0.29) is 42.3 Å². The second-order valence-corrected chi connectivity index (χ2v) is 16.0. The highest BCUT2D eigenvalue weighted by Gasteiger charge is 2.41. The minimum atomic E-state index is -1.07. The van der Waals surface area contributed by atoms with Gasteiger partial charge in [-0.1, -0.05) is 32.6 Å². The van der Waals surface area contributed by atoms with Gasteiger partial charge >= 0.3 is 0 Å². The summed E-state index contributed by atoms with van der Waals surface area (Å²) < 4.78 is 14.5. The third kappa shape index (κ3) is 7.71. The van der Waals surface area contributed by atoms with Crippen LogP contribution in [0.1, 0.15) is 76.6 Å². The molecule has 2 fully saturated rings. The minimum absolute atomic E-state index is 0.0620. The van der Waals surface area contributed by atoms with Crippen molar-refractivity contribution in [1.29, 1.82) is 0 Å². The van der Waals surface area contributed by atoms with Gasteiger partial charge in [0.2, 0.25) is 5.91 Å². The molecule has 2 amide bonds. The number of hydrazine groups is 1. The fourth-order valence-corrected chi connectivity index (χ4v) is 8.31. The number of aliphatic imine (C=N–C) groups is 1. The van der Waals surface area contributed by atoms with Gasteiger partial charge in [0.05, 0.1) is 41.4 Å². The number of carbonyl (C=O) groups excluding carboxylic acids is 3. The number of hydrogen-bond donors (Lipinski definition) is 2. The van der Waals surface area contributed by atoms with E-state index < -0.39 is 11.6 Å². The van der Waals surface area contributed by atoms with Crippen molar-refractivity contribution in [2.75, 3.05) is 26.9 Å². The third-order valence-corrected chi connectivity index (χ3v) is 11.2. The number of benzene rings is 1. The minimum Gasteiger partial charge on any atom is -0.378 e. The Bertz CT molecular complexity index is 1900. The van der Waals surface area contributed by atoms with E-state index in [0.29, 0.717) is 32.4 Å². The van der Waals surface area contributed by atoms with Crippen molar-refractivity contribution in [3.63, 3.8) is 0 Å². The van der Waals surface area contributed by atoms with Crippen molar-refractivity contribution in [2.45, 2.75) is 97.4 Å². The zero-order chi connectivity index (χ0) is 37.2. The summed E-state index contributed by atoms with van der Waals surface area (Å²) in [5.41, 5.74) is 8.53. The van der Waals surface area contributed by atoms with Crippen LogP contribution in [-0.4, -0.2) is 83.4 Å². The van der Waals surface area contributed by atoms with Gasteiger partial charge in [-0.25, -0.2) is 10.4 Å². The van der Waals surface area contributed by atoms with E-state index in [2.05, 4.69) is 60.9 Å². The van der Waals surface area contributed by atoms with Crippen LogP contribution in [0.25, 0.3) is 27.7 Å². The van der Waals surface area contributed by atoms with Gasteiger partial charge in [0.25, 0.3) is 5.91 Å². The van der Waals surface area contributed by atoms with E-state index in [0.717, 1.165) is 75.4 Å². The maximum Gasteiger partial charge on any atom is 0.259 e. The van der Waals surface area contributed by atoms with Crippen LogP contribution in [0.2, 0.25) is 0 Å². The standard InChI is InChI=1S/C40H52N6O5S/c1-8-28(35(41-9-2)25(4)50-7)36-30-20-39(5,6)23-51-24-40(22-47)16-11-17-46(44-40)38(49)31(43-37(48)26-12-13-26)19-34-42-32(21-52-34)27-14-15-33(29(30)18-27)45(36)10-3/h8-9,14-15,18,21-22,25-26,31,44H,1,10-13,16-17,19-20,23-24H2,2-7H3,(H,43,48)/b35-28+,41-9-/t25-,31-,40-/m0/s1. The number of thiazole rings is 1. The van der Waals surface area contributed by atoms with E-state index >= 15 is 0 Å². The van der Waals surface area contributed by atoms with Gasteiger partial charge in [-0.2, -0.15) is 0 Å². The van der Waals surface area contributed by atoms with Crippen molar-refractivity contribution in [3.8, 4) is 11.3 Å². The Balaban J connectivity index is 1.52. The summed E-state index contributed by atoms with van der Waals surface area (Å²) in [5, 5.41) is 8.38. The van der Waals surface area contributed by atoms with E-state index in [9.17, 15) is 14.4 Å². The van der Waals surface area contributed by atoms with Crippen molar-refractivity contribution in [3.05, 3.63) is 58.2 Å². The predicted molar refractivity (Wildman–Crippen MR) is 206 cm³/mol. The molecule has 2 N–H and O–H groups in total. The first kappa shape index (κ1) is 37.8. The van der Waals surface area contributed by atoms with E-state index in [4.69, 9.17) is 19.5 Å². The quantitative estimate of drug-likeness (QED) is 0.160. The molecule has 3 aliphatic rings. The number of allylic oxidation sites excluding steroid dienone is 2. The second kappa shape index (κ2) is 15.6. The molecule has 1 saturated carbocycles. The highest BCUT2D eigenvalue weighted by molar-refractivity contribution is 7.10. The first-order valence-electron chi connectivity index (χ1n) is 18.4. The van der Waals surface area contributed by atoms with E-state index in [1.165, 1.54) is 16.3 Å². The maximum absolute atomic E-state index is 14.1. The van der Waals surface area contributed by atoms with Crippen molar-refractivity contribution in [1.82, 2.24) is 25.3 Å². The fourth-order valence-electron chi connectivity index (χ4n) is 7.46. The van der Waals surface area contributed by atoms with Gasteiger partial charge in [-0.3, -0.25) is 19.6 Å². The van der Waals surface area contributed by atoms with Gasteiger partial charge in [0, 0.05) is 66.2 Å². The smallest absolute Gasteiger partial charge is 0.259 e. The summed E-state index contributed by atoms with van der Waals surface area (Å²) >= 11 is 1.48. The summed E-state index contributed by atoms with van der Waals surface area (Å²) in [6, 6.07) is 5.64. The molecular formula is C40H52N6O5S. The molecule has 0 spiro atoms. The molecule has 4 heterocycles. The summed E-state index contributed by atoms with van der Waals surface area (Å²) in [7, 11) is 1.69. The van der Waals surface area contributed by atoms with Crippen molar-refractivity contribution >= 4 is 52.1 Å². The van der Waals surface area contributed by atoms with Crippen LogP contribution in [0.4, 0.5) is 0 Å². The third-order valence-electron chi connectivity index (χ3n) is 10.4. The van der Waals surface area contributed by atoms with Gasteiger partial charge in [0.1, 0.15) is 17.9 Å². The van der Waals surface area contributed by atoms with Crippen LogP contribution < -0.4 is 10.7 Å². The number of hydrogen-bond acceptors (Lipinski definition) is 9. The number of aromatic nitrogens is 2. The number of methoxy groups -OCH3 is 1. The molecule has 11 nitrogen and oxygen atoms in total. The van der Waals surface area contributed by atoms with E-state index in [1.54, 1.807) is 13.3 Å². The molecule has 0 unspecified atom stereocenters. The maximum atomic E-state index is 14.1. The molecule has 2 aromatic heterocycles. The zero-order valence-electron chi connectivity index (χ0n) is 31.3. The Labute approximate surface area is 310 Å². The normalized spacial score (nSPS) is 23.6. The van der Waals surface area contributed by atoms with Crippen LogP contribution in [0.15, 0.2) is 46.9 Å². The lowest BCUT2D eigenvalue weighted by Crippen LogP contribution is -2.66. The molecule has 52 heavy (non-hydrogen) atoms. The topological polar surface area (TPSA) is 127 Å². The number of aldehydes is 1. The summed E-state index contributed by atoms with van der Waals surface area (Å²) in [5.74, 6) is -0.456. The number of carbonyl (C=O) groups is 3. The number of ether oxygens (including phenoxy) is 2. The highest BCUT2D eigenvalue weighted by Crippen LogP contribution is 2.40. The summed E-state index contributed by atoms with van der Waals surface area (Å²) in [6.45, 7) is 16.3. The molecule has 6 rings (SSSR count). The monoisotopic (exact) mass is 728 g/mol. The first-order valence-corrected chi connectivity index (χ1v) is 19.3. The molecule has 12 heteroatoms. The Kier molecular flexibility index (Phi) is 11.3. The van der Waals surface area contributed by atoms with Crippen LogP contribution in [0, 0.1) is 11.3 Å². The number of rotatable bonds is 9. The molecule has 0 radical (unpaired) electrons. The lowest BCUT2D eigenvalue weighted by molar-refractivity contribution is -0.147. The number of nitrogens with zero attached hydrogens (tertiary/aromatic N) is 4. The van der Waals surface area contributed by atoms with Crippen LogP contribution >= 0.6 is 11.3 Å². The molecule has 2 aliphatic heterocycles. The largest absolute Gasteiger partial charge is 0.378 e. The summed E-state index contributed by atoms with van der Waals surface area (Å²) in [4.78, 5) is 49.6. The molecular weight excluding hydrogens is 677 g/mol. The summed E-state index contributed by atoms with van der Waals surface area (Å²) in [6.07, 6.45) is 7.97. The Morgan fingerprint density at radius 1 is 1.31 bits per heavy atom. The predicted octanol–water partition coefficient (Wildman–Crippen LogP) is 5.91. The molecule has 3 atom stereocenters. The molecule has 1 aromatic carbocycles. The van der Waals surface area contributed by atoms with Crippen LogP contribution in [0.3, 0.4) is 0 Å². The van der Waals surface area contributed by atoms with Crippen LogP contribution in [0.5, 0.6) is 0 Å². The van der Waals surface area contributed by atoms with Gasteiger partial charge in [0.15, 0.2) is 0 Å². The second-order valence-electron chi connectivity index (χ2n) is 15.1. The molecule has 1 aliphatic carbocycles. The van der Waals surface area contributed by atoms with Gasteiger partial charge in [-0.05, 0) is 76.0 Å². The fraction of sp³-hybridized carbons (Fsp3) is 0.525. The number of fused-ring (bicyclic) bond motifs is 6. The zero-order valence-corrected chi connectivity index (χ0v) is 32.1. The number of aryl methyl sites for hydroxylation is 1. The lowest BCUT2D eigenvalue weighted by Gasteiger charge is -2.41. The lowest BCUT2D eigenvalue weighted by atomic mass is 9.84. The number of nitrogens with one attached hydrogen (secondary N) is 2. The van der Waals surface area contributed by atoms with Crippen molar-refractivity contribution < 1.29 is 23.9 Å². The molecule has 1 saturated heterocycles. The molecule has 3 aromatic rings. The van der Waals surface area contributed by atoms with Gasteiger partial charge in [-0.15, -0.1) is 11.3 Å². The Hall–Kier alpha value is -3.97. The van der Waals surface area contributed by atoms with E-state index in [1.807, 2.05) is 25.3 Å². The highest BCUT2D eigenvalue weighted by atomic mass is 32.1.